The van der Waals surface area contributed by atoms with Gasteiger partial charge in [0.15, 0.2) is 0 Å². The van der Waals surface area contributed by atoms with Crippen LogP contribution in [0.5, 0.6) is 0 Å². The molecular formula is C15H14ClN3O2. The van der Waals surface area contributed by atoms with Crippen LogP contribution in [0.1, 0.15) is 22.8 Å². The Morgan fingerprint density at radius 3 is 2.76 bits per heavy atom. The van der Waals surface area contributed by atoms with Gasteiger partial charge in [-0.3, -0.25) is 9.59 Å². The van der Waals surface area contributed by atoms with E-state index in [1.807, 2.05) is 12.1 Å². The molecule has 108 valence electrons. The average molecular weight is 304 g/mol. The molecule has 1 aromatic carbocycles. The summed E-state index contributed by atoms with van der Waals surface area (Å²) in [5, 5.41) is 5.75. The zero-order valence-corrected chi connectivity index (χ0v) is 12.1. The Labute approximate surface area is 127 Å². The summed E-state index contributed by atoms with van der Waals surface area (Å²) in [5.41, 5.74) is 2.03. The Morgan fingerprint density at radius 1 is 1.24 bits per heavy atom. The molecule has 0 saturated heterocycles. The molecule has 0 aliphatic carbocycles. The van der Waals surface area contributed by atoms with Crippen molar-refractivity contribution in [2.24, 2.45) is 0 Å². The third-order valence-corrected chi connectivity index (χ3v) is 2.90. The molecule has 0 atom stereocenters. The van der Waals surface area contributed by atoms with E-state index in [1.54, 1.807) is 18.2 Å². The fraction of sp³-hybridized carbons (Fsp3) is 0.133. The number of pyridine rings is 1. The van der Waals surface area contributed by atoms with Gasteiger partial charge in [-0.2, -0.15) is 0 Å². The van der Waals surface area contributed by atoms with Crippen LogP contribution in [0, 0.1) is 0 Å². The fourth-order valence-electron chi connectivity index (χ4n) is 1.79. The number of aromatic nitrogens is 1. The molecule has 0 radical (unpaired) electrons. The number of anilines is 1. The van der Waals surface area contributed by atoms with E-state index in [9.17, 15) is 9.59 Å². The van der Waals surface area contributed by atoms with E-state index >= 15 is 0 Å². The molecule has 0 unspecified atom stereocenters. The van der Waals surface area contributed by atoms with Crippen LogP contribution >= 0.6 is 11.6 Å². The van der Waals surface area contributed by atoms with Crippen molar-refractivity contribution >= 4 is 29.1 Å². The third kappa shape index (κ3) is 4.57. The summed E-state index contributed by atoms with van der Waals surface area (Å²) in [4.78, 5) is 26.8. The van der Waals surface area contributed by atoms with Gasteiger partial charge >= 0.3 is 0 Å². The number of amides is 2. The second-order valence-corrected chi connectivity index (χ2v) is 4.82. The highest BCUT2D eigenvalue weighted by Gasteiger charge is 2.06. The predicted molar refractivity (Wildman–Crippen MR) is 81.2 cm³/mol. The molecule has 6 heteroatoms. The molecular weight excluding hydrogens is 290 g/mol. The lowest BCUT2D eigenvalue weighted by molar-refractivity contribution is -0.114. The molecule has 2 aromatic rings. The minimum absolute atomic E-state index is 0.136. The summed E-state index contributed by atoms with van der Waals surface area (Å²) in [6, 6.07) is 10.4. The number of carbonyl (C=O) groups excluding carboxylic acids is 2. The second kappa shape index (κ2) is 6.85. The SMILES string of the molecule is CC(=O)Nc1cccc(CNC(=O)c2ccnc(Cl)c2)c1. The van der Waals surface area contributed by atoms with E-state index in [-0.39, 0.29) is 17.0 Å². The van der Waals surface area contributed by atoms with Crippen molar-refractivity contribution in [3.63, 3.8) is 0 Å². The molecule has 0 fully saturated rings. The van der Waals surface area contributed by atoms with Crippen molar-refractivity contribution in [2.75, 3.05) is 5.32 Å². The van der Waals surface area contributed by atoms with Gasteiger partial charge in [0.1, 0.15) is 5.15 Å². The lowest BCUT2D eigenvalue weighted by Gasteiger charge is -2.08. The van der Waals surface area contributed by atoms with Crippen LogP contribution in [-0.2, 0) is 11.3 Å². The number of rotatable bonds is 4. The first-order chi connectivity index (χ1) is 10.0. The Bertz CT molecular complexity index is 673. The minimum atomic E-state index is -0.232. The van der Waals surface area contributed by atoms with Gasteiger partial charge < -0.3 is 10.6 Å². The molecule has 2 amide bonds. The number of hydrogen-bond donors (Lipinski definition) is 2. The van der Waals surface area contributed by atoms with Crippen LogP contribution in [0.15, 0.2) is 42.6 Å². The highest BCUT2D eigenvalue weighted by Crippen LogP contribution is 2.11. The molecule has 0 bridgehead atoms. The Hall–Kier alpha value is -2.40. The maximum atomic E-state index is 12.0. The highest BCUT2D eigenvalue weighted by molar-refractivity contribution is 6.29. The largest absolute Gasteiger partial charge is 0.348 e. The molecule has 0 spiro atoms. The molecule has 5 nitrogen and oxygen atoms in total. The molecule has 1 heterocycles. The Balaban J connectivity index is 1.99. The minimum Gasteiger partial charge on any atom is -0.348 e. The molecule has 2 rings (SSSR count). The number of nitrogens with one attached hydrogen (secondary N) is 2. The van der Waals surface area contributed by atoms with Crippen molar-refractivity contribution in [2.45, 2.75) is 13.5 Å². The maximum Gasteiger partial charge on any atom is 0.251 e. The van der Waals surface area contributed by atoms with Crippen LogP contribution in [-0.4, -0.2) is 16.8 Å². The summed E-state index contributed by atoms with van der Waals surface area (Å²) in [6.07, 6.45) is 1.48. The first kappa shape index (κ1) is 15.0. The number of carbonyl (C=O) groups is 2. The monoisotopic (exact) mass is 303 g/mol. The topological polar surface area (TPSA) is 71.1 Å². The molecule has 0 aliphatic heterocycles. The second-order valence-electron chi connectivity index (χ2n) is 4.43. The van der Waals surface area contributed by atoms with Gasteiger partial charge in [-0.15, -0.1) is 0 Å². The Kier molecular flexibility index (Phi) is 4.90. The van der Waals surface area contributed by atoms with E-state index < -0.39 is 0 Å². The molecule has 21 heavy (non-hydrogen) atoms. The van der Waals surface area contributed by atoms with E-state index in [4.69, 9.17) is 11.6 Å². The van der Waals surface area contributed by atoms with Gasteiger partial charge in [0, 0.05) is 30.9 Å². The summed E-state index contributed by atoms with van der Waals surface area (Å²) < 4.78 is 0. The lowest BCUT2D eigenvalue weighted by atomic mass is 10.2. The molecule has 1 aromatic heterocycles. The number of halogens is 1. The van der Waals surface area contributed by atoms with Crippen LogP contribution in [0.4, 0.5) is 5.69 Å². The van der Waals surface area contributed by atoms with Crippen LogP contribution in [0.3, 0.4) is 0 Å². The summed E-state index contributed by atoms with van der Waals surface area (Å²) in [6.45, 7) is 1.80. The first-order valence-corrected chi connectivity index (χ1v) is 6.68. The van der Waals surface area contributed by atoms with Gasteiger partial charge in [-0.1, -0.05) is 23.7 Å². The van der Waals surface area contributed by atoms with Gasteiger partial charge in [0.25, 0.3) is 5.91 Å². The van der Waals surface area contributed by atoms with Gasteiger partial charge in [-0.25, -0.2) is 4.98 Å². The summed E-state index contributed by atoms with van der Waals surface area (Å²) in [7, 11) is 0. The van der Waals surface area contributed by atoms with Gasteiger partial charge in [0.2, 0.25) is 5.91 Å². The van der Waals surface area contributed by atoms with E-state index in [0.29, 0.717) is 17.8 Å². The van der Waals surface area contributed by atoms with Gasteiger partial charge in [-0.05, 0) is 29.8 Å². The summed E-state index contributed by atoms with van der Waals surface area (Å²) in [5.74, 6) is -0.369. The van der Waals surface area contributed by atoms with Gasteiger partial charge in [0.05, 0.1) is 0 Å². The maximum absolute atomic E-state index is 12.0. The van der Waals surface area contributed by atoms with Crippen molar-refractivity contribution in [3.05, 3.63) is 58.9 Å². The van der Waals surface area contributed by atoms with Crippen molar-refractivity contribution < 1.29 is 9.59 Å². The average Bonchev–Trinajstić information content (AvgIpc) is 2.44. The third-order valence-electron chi connectivity index (χ3n) is 2.69. The normalized spacial score (nSPS) is 10.0. The summed E-state index contributed by atoms with van der Waals surface area (Å²) >= 11 is 5.74. The highest BCUT2D eigenvalue weighted by atomic mass is 35.5. The van der Waals surface area contributed by atoms with Crippen LogP contribution in [0.2, 0.25) is 5.15 Å². The van der Waals surface area contributed by atoms with Crippen molar-refractivity contribution in [1.82, 2.24) is 10.3 Å². The fourth-order valence-corrected chi connectivity index (χ4v) is 1.96. The number of benzene rings is 1. The Morgan fingerprint density at radius 2 is 2.05 bits per heavy atom. The standard InChI is InChI=1S/C15H14ClN3O2/c1-10(20)19-13-4-2-3-11(7-13)9-18-15(21)12-5-6-17-14(16)8-12/h2-8H,9H2,1H3,(H,18,21)(H,19,20). The first-order valence-electron chi connectivity index (χ1n) is 6.31. The molecule has 0 saturated carbocycles. The van der Waals surface area contributed by atoms with E-state index in [0.717, 1.165) is 5.56 Å². The van der Waals surface area contributed by atoms with E-state index in [1.165, 1.54) is 19.2 Å². The van der Waals surface area contributed by atoms with Crippen LogP contribution in [0.25, 0.3) is 0 Å². The number of hydrogen-bond acceptors (Lipinski definition) is 3. The zero-order valence-electron chi connectivity index (χ0n) is 11.4. The van der Waals surface area contributed by atoms with Crippen molar-refractivity contribution in [3.8, 4) is 0 Å². The zero-order chi connectivity index (χ0) is 15.2. The predicted octanol–water partition coefficient (Wildman–Crippen LogP) is 2.62. The molecule has 0 aliphatic rings. The quantitative estimate of drug-likeness (QED) is 0.853. The van der Waals surface area contributed by atoms with E-state index in [2.05, 4.69) is 15.6 Å². The smallest absolute Gasteiger partial charge is 0.251 e. The van der Waals surface area contributed by atoms with Crippen LogP contribution < -0.4 is 10.6 Å². The number of nitrogens with zero attached hydrogens (tertiary/aromatic N) is 1. The lowest BCUT2D eigenvalue weighted by Crippen LogP contribution is -2.22. The van der Waals surface area contributed by atoms with Crippen molar-refractivity contribution in [1.29, 1.82) is 0 Å². The molecule has 2 N–H and O–H groups in total.